The highest BCUT2D eigenvalue weighted by Gasteiger charge is 2.09. The number of carbonyl (C=O) groups is 1. The zero-order valence-corrected chi connectivity index (χ0v) is 14.2. The van der Waals surface area contributed by atoms with Crippen LogP contribution >= 0.6 is 12.4 Å². The fourth-order valence-corrected chi connectivity index (χ4v) is 2.14. The number of nitrogens with two attached hydrogens (primary N) is 1. The molecule has 0 aliphatic rings. The van der Waals surface area contributed by atoms with Gasteiger partial charge in [0, 0.05) is 29.4 Å². The molecule has 0 saturated heterocycles. The minimum Gasteiger partial charge on any atom is -0.474 e. The van der Waals surface area contributed by atoms with Crippen molar-refractivity contribution < 1.29 is 14.1 Å². The van der Waals surface area contributed by atoms with E-state index in [2.05, 4.69) is 10.5 Å². The van der Waals surface area contributed by atoms with Crippen molar-refractivity contribution >= 4 is 24.0 Å². The highest BCUT2D eigenvalue weighted by Crippen LogP contribution is 2.25. The lowest BCUT2D eigenvalue weighted by molar-refractivity contribution is 0.102. The molecule has 0 fully saturated rings. The second-order valence-corrected chi connectivity index (χ2v) is 5.06. The number of hydrogen-bond acceptors (Lipinski definition) is 5. The zero-order valence-electron chi connectivity index (χ0n) is 13.3. The summed E-state index contributed by atoms with van der Waals surface area (Å²) in [6, 6.07) is 18.0. The van der Waals surface area contributed by atoms with Crippen molar-refractivity contribution in [1.29, 1.82) is 0 Å². The number of anilines is 1. The van der Waals surface area contributed by atoms with Crippen LogP contribution in [0.25, 0.3) is 11.3 Å². The predicted octanol–water partition coefficient (Wildman–Crippen LogP) is 3.35. The lowest BCUT2D eigenvalue weighted by atomic mass is 10.1. The highest BCUT2D eigenvalue weighted by atomic mass is 35.5. The van der Waals surface area contributed by atoms with E-state index >= 15 is 0 Å². The van der Waals surface area contributed by atoms with Crippen LogP contribution in [0.3, 0.4) is 0 Å². The van der Waals surface area contributed by atoms with Crippen LogP contribution in [-0.4, -0.2) is 24.2 Å². The Balaban J connectivity index is 0.00000225. The Morgan fingerprint density at radius 1 is 1.12 bits per heavy atom. The summed E-state index contributed by atoms with van der Waals surface area (Å²) in [5, 5.41) is 6.66. The second-order valence-electron chi connectivity index (χ2n) is 5.06. The maximum atomic E-state index is 12.1. The van der Waals surface area contributed by atoms with Crippen molar-refractivity contribution in [3.63, 3.8) is 0 Å². The quantitative estimate of drug-likeness (QED) is 0.704. The van der Waals surface area contributed by atoms with Crippen LogP contribution in [0.15, 0.2) is 65.2 Å². The summed E-state index contributed by atoms with van der Waals surface area (Å²) >= 11 is 0. The monoisotopic (exact) mass is 359 g/mol. The molecule has 0 spiro atoms. The molecular formula is C18H18ClN3O3. The molecule has 3 N–H and O–H groups in total. The van der Waals surface area contributed by atoms with Crippen molar-refractivity contribution in [2.45, 2.75) is 0 Å². The second kappa shape index (κ2) is 8.86. The summed E-state index contributed by atoms with van der Waals surface area (Å²) < 4.78 is 10.5. The van der Waals surface area contributed by atoms with Crippen LogP contribution in [0.2, 0.25) is 0 Å². The molecule has 6 nitrogen and oxygen atoms in total. The first-order valence-electron chi connectivity index (χ1n) is 7.52. The Hall–Kier alpha value is -2.83. The van der Waals surface area contributed by atoms with Crippen LogP contribution in [-0.2, 0) is 0 Å². The van der Waals surface area contributed by atoms with Crippen LogP contribution in [0.5, 0.6) is 5.88 Å². The summed E-state index contributed by atoms with van der Waals surface area (Å²) in [5.74, 6) is 0.834. The number of nitrogens with zero attached hydrogens (tertiary/aromatic N) is 1. The number of benzene rings is 2. The van der Waals surface area contributed by atoms with Gasteiger partial charge >= 0.3 is 0 Å². The fraction of sp³-hybridized carbons (Fsp3) is 0.111. The third-order valence-electron chi connectivity index (χ3n) is 3.32. The first-order valence-corrected chi connectivity index (χ1v) is 7.52. The molecule has 130 valence electrons. The van der Waals surface area contributed by atoms with Gasteiger partial charge < -0.3 is 20.3 Å². The number of carbonyl (C=O) groups excluding carboxylic acids is 1. The summed E-state index contributed by atoms with van der Waals surface area (Å²) in [7, 11) is 0. The SMILES string of the molecule is Cl.NCCOc1cc(-c2ccc(NC(=O)c3ccccc3)cc2)on1. The number of hydrogen-bond donors (Lipinski definition) is 2. The van der Waals surface area contributed by atoms with Gasteiger partial charge in [-0.3, -0.25) is 4.79 Å². The van der Waals surface area contributed by atoms with Gasteiger partial charge in [0.25, 0.3) is 11.8 Å². The van der Waals surface area contributed by atoms with Crippen molar-refractivity contribution in [1.82, 2.24) is 5.16 Å². The van der Waals surface area contributed by atoms with Gasteiger partial charge in [-0.1, -0.05) is 18.2 Å². The smallest absolute Gasteiger partial charge is 0.255 e. The first kappa shape index (κ1) is 18.5. The molecule has 0 unspecified atom stereocenters. The zero-order chi connectivity index (χ0) is 16.8. The standard InChI is InChI=1S/C18H17N3O3.ClH/c19-10-11-23-17-12-16(24-21-17)13-6-8-15(9-7-13)20-18(22)14-4-2-1-3-5-14;/h1-9,12H,10-11,19H2,(H,20,22);1H. The van der Waals surface area contributed by atoms with E-state index in [0.29, 0.717) is 36.0 Å². The molecule has 0 saturated carbocycles. The third kappa shape index (κ3) is 4.82. The van der Waals surface area contributed by atoms with Crippen LogP contribution < -0.4 is 15.8 Å². The average molecular weight is 360 g/mol. The first-order chi connectivity index (χ1) is 11.8. The van der Waals surface area contributed by atoms with Crippen molar-refractivity contribution in [3.05, 3.63) is 66.2 Å². The van der Waals surface area contributed by atoms with Crippen LogP contribution in [0, 0.1) is 0 Å². The lowest BCUT2D eigenvalue weighted by Gasteiger charge is -2.05. The van der Waals surface area contributed by atoms with Gasteiger partial charge in [0.2, 0.25) is 0 Å². The molecule has 25 heavy (non-hydrogen) atoms. The number of ether oxygens (including phenoxy) is 1. The van der Waals surface area contributed by atoms with E-state index in [1.807, 2.05) is 30.3 Å². The molecule has 2 aromatic carbocycles. The third-order valence-corrected chi connectivity index (χ3v) is 3.32. The summed E-state index contributed by atoms with van der Waals surface area (Å²) in [4.78, 5) is 12.1. The lowest BCUT2D eigenvalue weighted by Crippen LogP contribution is -2.11. The molecule has 3 rings (SSSR count). The van der Waals surface area contributed by atoms with E-state index in [1.54, 1.807) is 30.3 Å². The van der Waals surface area contributed by atoms with Gasteiger partial charge in [-0.15, -0.1) is 12.4 Å². The molecule has 1 heterocycles. The van der Waals surface area contributed by atoms with Gasteiger partial charge in [-0.05, 0) is 41.6 Å². The van der Waals surface area contributed by atoms with Crippen molar-refractivity contribution in [2.75, 3.05) is 18.5 Å². The van der Waals surface area contributed by atoms with Crippen molar-refractivity contribution in [3.8, 4) is 17.2 Å². The normalized spacial score (nSPS) is 9.96. The fourth-order valence-electron chi connectivity index (χ4n) is 2.14. The summed E-state index contributed by atoms with van der Waals surface area (Å²) in [5.41, 5.74) is 7.52. The number of halogens is 1. The van der Waals surface area contributed by atoms with Crippen molar-refractivity contribution in [2.24, 2.45) is 5.73 Å². The minimum atomic E-state index is -0.152. The number of amides is 1. The Labute approximate surface area is 151 Å². The molecule has 0 atom stereocenters. The Kier molecular flexibility index (Phi) is 6.56. The van der Waals surface area contributed by atoms with Gasteiger partial charge in [-0.25, -0.2) is 0 Å². The molecule has 1 aromatic heterocycles. The number of nitrogens with one attached hydrogen (secondary N) is 1. The molecule has 0 radical (unpaired) electrons. The minimum absolute atomic E-state index is 0. The van der Waals surface area contributed by atoms with Gasteiger partial charge in [0.15, 0.2) is 5.76 Å². The largest absolute Gasteiger partial charge is 0.474 e. The Morgan fingerprint density at radius 2 is 1.84 bits per heavy atom. The molecular weight excluding hydrogens is 342 g/mol. The van der Waals surface area contributed by atoms with E-state index in [1.165, 1.54) is 0 Å². The van der Waals surface area contributed by atoms with E-state index in [-0.39, 0.29) is 18.3 Å². The average Bonchev–Trinajstić information content (AvgIpc) is 3.10. The summed E-state index contributed by atoms with van der Waals surface area (Å²) in [6.07, 6.45) is 0. The molecule has 0 aliphatic heterocycles. The molecule has 3 aromatic rings. The highest BCUT2D eigenvalue weighted by molar-refractivity contribution is 6.04. The topological polar surface area (TPSA) is 90.4 Å². The predicted molar refractivity (Wildman–Crippen MR) is 98.1 cm³/mol. The number of aromatic nitrogens is 1. The van der Waals surface area contributed by atoms with E-state index in [0.717, 1.165) is 5.56 Å². The maximum Gasteiger partial charge on any atom is 0.255 e. The van der Waals surface area contributed by atoms with Gasteiger partial charge in [-0.2, -0.15) is 0 Å². The van der Waals surface area contributed by atoms with E-state index < -0.39 is 0 Å². The molecule has 0 bridgehead atoms. The molecule has 1 amide bonds. The summed E-state index contributed by atoms with van der Waals surface area (Å²) in [6.45, 7) is 0.800. The van der Waals surface area contributed by atoms with Crippen LogP contribution in [0.1, 0.15) is 10.4 Å². The Morgan fingerprint density at radius 3 is 2.52 bits per heavy atom. The Bertz CT molecular complexity index is 804. The maximum absolute atomic E-state index is 12.1. The van der Waals surface area contributed by atoms with Gasteiger partial charge in [0.05, 0.1) is 0 Å². The van der Waals surface area contributed by atoms with E-state index in [9.17, 15) is 4.79 Å². The number of rotatable bonds is 6. The molecule has 0 aliphatic carbocycles. The van der Waals surface area contributed by atoms with Crippen LogP contribution in [0.4, 0.5) is 5.69 Å². The molecule has 7 heteroatoms. The van der Waals surface area contributed by atoms with Gasteiger partial charge in [0.1, 0.15) is 6.61 Å². The van der Waals surface area contributed by atoms with E-state index in [4.69, 9.17) is 15.0 Å².